The zero-order valence-electron chi connectivity index (χ0n) is 11.4. The standard InChI is InChI=1S/C16H20N2O/c1-19-15-4-2-3-13(9-17)16(15)18-10-14-8-11-5-6-12(14)7-11/h2-4,11-12,14,18H,5-8,10H2,1H3. The van der Waals surface area contributed by atoms with Gasteiger partial charge in [0.15, 0.2) is 0 Å². The first-order chi connectivity index (χ1) is 9.31. The van der Waals surface area contributed by atoms with Crippen molar-refractivity contribution < 1.29 is 4.74 Å². The van der Waals surface area contributed by atoms with Gasteiger partial charge in [0.25, 0.3) is 0 Å². The van der Waals surface area contributed by atoms with E-state index in [0.29, 0.717) is 5.56 Å². The van der Waals surface area contributed by atoms with Gasteiger partial charge < -0.3 is 10.1 Å². The van der Waals surface area contributed by atoms with E-state index in [2.05, 4.69) is 11.4 Å². The van der Waals surface area contributed by atoms with E-state index in [4.69, 9.17) is 4.74 Å². The molecule has 3 nitrogen and oxygen atoms in total. The average Bonchev–Trinajstić information content (AvgIpc) is 3.07. The lowest BCUT2D eigenvalue weighted by molar-refractivity contribution is 0.347. The van der Waals surface area contributed by atoms with Crippen molar-refractivity contribution in [1.29, 1.82) is 5.26 Å². The molecule has 0 spiro atoms. The molecule has 2 aliphatic carbocycles. The monoisotopic (exact) mass is 256 g/mol. The minimum atomic E-state index is 0.669. The number of methoxy groups -OCH3 is 1. The number of hydrogen-bond acceptors (Lipinski definition) is 3. The van der Waals surface area contributed by atoms with E-state index in [1.54, 1.807) is 7.11 Å². The Morgan fingerprint density at radius 3 is 2.89 bits per heavy atom. The molecule has 0 saturated heterocycles. The zero-order valence-corrected chi connectivity index (χ0v) is 11.4. The first-order valence-corrected chi connectivity index (χ1v) is 7.12. The van der Waals surface area contributed by atoms with E-state index in [-0.39, 0.29) is 0 Å². The second-order valence-corrected chi connectivity index (χ2v) is 5.81. The van der Waals surface area contributed by atoms with Crippen LogP contribution in [0, 0.1) is 29.1 Å². The van der Waals surface area contributed by atoms with Crippen LogP contribution in [0.4, 0.5) is 5.69 Å². The van der Waals surface area contributed by atoms with Crippen LogP contribution in [0.2, 0.25) is 0 Å². The quantitative estimate of drug-likeness (QED) is 0.897. The van der Waals surface area contributed by atoms with Crippen molar-refractivity contribution in [2.45, 2.75) is 25.7 Å². The molecule has 3 rings (SSSR count). The molecule has 0 radical (unpaired) electrons. The Labute approximate surface area is 114 Å². The number of nitrogens with zero attached hydrogens (tertiary/aromatic N) is 1. The summed E-state index contributed by atoms with van der Waals surface area (Å²) in [6, 6.07) is 7.84. The third kappa shape index (κ3) is 2.28. The van der Waals surface area contributed by atoms with Gasteiger partial charge in [-0.15, -0.1) is 0 Å². The highest BCUT2D eigenvalue weighted by molar-refractivity contribution is 5.66. The van der Waals surface area contributed by atoms with Gasteiger partial charge in [-0.05, 0) is 49.1 Å². The molecular weight excluding hydrogens is 236 g/mol. The van der Waals surface area contributed by atoms with Crippen LogP contribution in [0.25, 0.3) is 0 Å². The molecular formula is C16H20N2O. The maximum Gasteiger partial charge on any atom is 0.143 e. The van der Waals surface area contributed by atoms with Gasteiger partial charge in [-0.1, -0.05) is 12.5 Å². The van der Waals surface area contributed by atoms with Crippen molar-refractivity contribution in [1.82, 2.24) is 0 Å². The molecule has 2 bridgehead atoms. The summed E-state index contributed by atoms with van der Waals surface area (Å²) in [7, 11) is 1.65. The lowest BCUT2D eigenvalue weighted by Crippen LogP contribution is -2.20. The van der Waals surface area contributed by atoms with Crippen molar-refractivity contribution in [2.75, 3.05) is 19.0 Å². The highest BCUT2D eigenvalue weighted by atomic mass is 16.5. The van der Waals surface area contributed by atoms with Crippen molar-refractivity contribution in [3.05, 3.63) is 23.8 Å². The maximum atomic E-state index is 9.19. The molecule has 19 heavy (non-hydrogen) atoms. The van der Waals surface area contributed by atoms with Gasteiger partial charge in [0.2, 0.25) is 0 Å². The fourth-order valence-electron chi connectivity index (χ4n) is 3.84. The Kier molecular flexibility index (Phi) is 3.33. The molecule has 3 atom stereocenters. The Balaban J connectivity index is 1.71. The van der Waals surface area contributed by atoms with Gasteiger partial charge in [-0.25, -0.2) is 0 Å². The Bertz CT molecular complexity index is 506. The Morgan fingerprint density at radius 1 is 1.37 bits per heavy atom. The van der Waals surface area contributed by atoms with Gasteiger partial charge in [-0.2, -0.15) is 5.26 Å². The number of ether oxygens (including phenoxy) is 1. The average molecular weight is 256 g/mol. The van der Waals surface area contributed by atoms with Crippen molar-refractivity contribution in [3.8, 4) is 11.8 Å². The number of nitriles is 1. The highest BCUT2D eigenvalue weighted by Gasteiger charge is 2.39. The Hall–Kier alpha value is -1.69. The van der Waals surface area contributed by atoms with Crippen LogP contribution in [0.1, 0.15) is 31.2 Å². The molecule has 1 aromatic carbocycles. The number of hydrogen-bond donors (Lipinski definition) is 1. The first kappa shape index (κ1) is 12.3. The Morgan fingerprint density at radius 2 is 2.26 bits per heavy atom. The SMILES string of the molecule is COc1cccc(C#N)c1NCC1CC2CCC1C2. The number of rotatable bonds is 4. The first-order valence-electron chi connectivity index (χ1n) is 7.12. The fraction of sp³-hybridized carbons (Fsp3) is 0.562. The van der Waals surface area contributed by atoms with Gasteiger partial charge in [0.05, 0.1) is 18.4 Å². The fourth-order valence-corrected chi connectivity index (χ4v) is 3.84. The number of para-hydroxylation sites is 1. The molecule has 1 N–H and O–H groups in total. The summed E-state index contributed by atoms with van der Waals surface area (Å²) in [5.74, 6) is 3.40. The van der Waals surface area contributed by atoms with Crippen LogP contribution in [0.3, 0.4) is 0 Å². The van der Waals surface area contributed by atoms with Crippen LogP contribution in [-0.2, 0) is 0 Å². The number of benzene rings is 1. The number of anilines is 1. The molecule has 2 saturated carbocycles. The molecule has 0 aromatic heterocycles. The summed E-state index contributed by atoms with van der Waals surface area (Å²) in [6.07, 6.45) is 5.60. The molecule has 2 fully saturated rings. The van der Waals surface area contributed by atoms with Gasteiger partial charge in [-0.3, -0.25) is 0 Å². The molecule has 2 aliphatic rings. The summed E-state index contributed by atoms with van der Waals surface area (Å²) >= 11 is 0. The lowest BCUT2D eigenvalue weighted by Gasteiger charge is -2.23. The van der Waals surface area contributed by atoms with E-state index in [9.17, 15) is 5.26 Å². The topological polar surface area (TPSA) is 45.0 Å². The number of fused-ring (bicyclic) bond motifs is 2. The lowest BCUT2D eigenvalue weighted by atomic mass is 9.89. The molecule has 0 heterocycles. The predicted molar refractivity (Wildman–Crippen MR) is 75.1 cm³/mol. The third-order valence-corrected chi connectivity index (χ3v) is 4.79. The summed E-state index contributed by atoms with van der Waals surface area (Å²) in [6.45, 7) is 0.968. The highest BCUT2D eigenvalue weighted by Crippen LogP contribution is 2.48. The summed E-state index contributed by atoms with van der Waals surface area (Å²) in [5.41, 5.74) is 1.53. The van der Waals surface area contributed by atoms with E-state index in [1.807, 2.05) is 18.2 Å². The molecule has 3 unspecified atom stereocenters. The van der Waals surface area contributed by atoms with Gasteiger partial charge >= 0.3 is 0 Å². The van der Waals surface area contributed by atoms with Crippen LogP contribution < -0.4 is 10.1 Å². The minimum Gasteiger partial charge on any atom is -0.495 e. The van der Waals surface area contributed by atoms with Crippen LogP contribution >= 0.6 is 0 Å². The van der Waals surface area contributed by atoms with Crippen molar-refractivity contribution in [2.24, 2.45) is 17.8 Å². The maximum absolute atomic E-state index is 9.19. The predicted octanol–water partition coefficient (Wildman–Crippen LogP) is 3.41. The molecule has 3 heteroatoms. The number of nitrogens with one attached hydrogen (secondary N) is 1. The second-order valence-electron chi connectivity index (χ2n) is 5.81. The van der Waals surface area contributed by atoms with E-state index in [1.165, 1.54) is 25.7 Å². The van der Waals surface area contributed by atoms with Crippen LogP contribution in [-0.4, -0.2) is 13.7 Å². The minimum absolute atomic E-state index is 0.669. The van der Waals surface area contributed by atoms with E-state index in [0.717, 1.165) is 35.7 Å². The molecule has 0 amide bonds. The largest absolute Gasteiger partial charge is 0.495 e. The zero-order chi connectivity index (χ0) is 13.2. The molecule has 100 valence electrons. The smallest absolute Gasteiger partial charge is 0.143 e. The van der Waals surface area contributed by atoms with Crippen molar-refractivity contribution in [3.63, 3.8) is 0 Å². The molecule has 0 aliphatic heterocycles. The summed E-state index contributed by atoms with van der Waals surface area (Å²) < 4.78 is 5.35. The normalized spacial score (nSPS) is 28.1. The summed E-state index contributed by atoms with van der Waals surface area (Å²) in [4.78, 5) is 0. The van der Waals surface area contributed by atoms with Crippen molar-refractivity contribution >= 4 is 5.69 Å². The second kappa shape index (κ2) is 5.13. The van der Waals surface area contributed by atoms with Gasteiger partial charge in [0, 0.05) is 6.54 Å². The van der Waals surface area contributed by atoms with Crippen LogP contribution in [0.15, 0.2) is 18.2 Å². The van der Waals surface area contributed by atoms with Crippen LogP contribution in [0.5, 0.6) is 5.75 Å². The third-order valence-electron chi connectivity index (χ3n) is 4.79. The van der Waals surface area contributed by atoms with Gasteiger partial charge in [0.1, 0.15) is 11.8 Å². The van der Waals surface area contributed by atoms with E-state index < -0.39 is 0 Å². The van der Waals surface area contributed by atoms with E-state index >= 15 is 0 Å². The summed E-state index contributed by atoms with van der Waals surface area (Å²) in [5, 5.41) is 12.7. The molecule has 1 aromatic rings.